The lowest BCUT2D eigenvalue weighted by molar-refractivity contribution is 0.0697. The molecule has 0 heterocycles. The monoisotopic (exact) mass is 431 g/mol. The van der Waals surface area contributed by atoms with Gasteiger partial charge in [-0.25, -0.2) is 4.79 Å². The highest BCUT2D eigenvalue weighted by Crippen LogP contribution is 2.36. The van der Waals surface area contributed by atoms with Gasteiger partial charge in [-0.2, -0.15) is 0 Å². The van der Waals surface area contributed by atoms with Crippen molar-refractivity contribution >= 4 is 34.9 Å². The van der Waals surface area contributed by atoms with Gasteiger partial charge in [0.2, 0.25) is 0 Å². The van der Waals surface area contributed by atoms with Gasteiger partial charge in [0.1, 0.15) is 6.61 Å². The average Bonchev–Trinajstić information content (AvgIpc) is 2.72. The van der Waals surface area contributed by atoms with E-state index in [1.807, 2.05) is 30.3 Å². The highest BCUT2D eigenvalue weighted by atomic mass is 35.5. The molecule has 2 N–H and O–H groups in total. The topological polar surface area (TPSA) is 67.8 Å². The quantitative estimate of drug-likeness (QED) is 0.465. The van der Waals surface area contributed by atoms with Crippen molar-refractivity contribution in [2.75, 3.05) is 12.4 Å². The Bertz CT molecular complexity index is 1010. The fourth-order valence-corrected chi connectivity index (χ4v) is 3.20. The molecule has 3 aromatic rings. The third kappa shape index (κ3) is 5.34. The maximum atomic E-state index is 11.2. The van der Waals surface area contributed by atoms with Crippen LogP contribution in [0, 0.1) is 0 Å². The van der Waals surface area contributed by atoms with E-state index in [0.29, 0.717) is 40.4 Å². The van der Waals surface area contributed by atoms with Crippen molar-refractivity contribution in [1.82, 2.24) is 0 Å². The third-order valence-corrected chi connectivity index (χ3v) is 4.77. The number of halogens is 2. The standard InChI is InChI=1S/C22H19Cl2NO4/c1-28-20-11-17(23)9-16(21(20)29-13-14-5-3-2-4-6-14)12-25-19-10-15(22(26)27)7-8-18(19)24/h2-11,25H,12-13H2,1H3,(H,26,27). The van der Waals surface area contributed by atoms with Crippen LogP contribution in [0.4, 0.5) is 5.69 Å². The van der Waals surface area contributed by atoms with E-state index in [1.54, 1.807) is 25.3 Å². The zero-order valence-electron chi connectivity index (χ0n) is 15.6. The number of benzene rings is 3. The van der Waals surface area contributed by atoms with Gasteiger partial charge in [0, 0.05) is 23.2 Å². The van der Waals surface area contributed by atoms with Crippen molar-refractivity contribution in [2.45, 2.75) is 13.2 Å². The van der Waals surface area contributed by atoms with Crippen molar-refractivity contribution in [2.24, 2.45) is 0 Å². The van der Waals surface area contributed by atoms with Gasteiger partial charge in [-0.15, -0.1) is 0 Å². The predicted octanol–water partition coefficient (Wildman–Crippen LogP) is 5.89. The minimum absolute atomic E-state index is 0.140. The number of carboxylic acids is 1. The van der Waals surface area contributed by atoms with Crippen LogP contribution in [0.2, 0.25) is 10.0 Å². The normalized spacial score (nSPS) is 10.4. The molecule has 3 aromatic carbocycles. The first kappa shape index (κ1) is 20.8. The molecule has 0 saturated carbocycles. The molecule has 0 aliphatic carbocycles. The van der Waals surface area contributed by atoms with E-state index >= 15 is 0 Å². The van der Waals surface area contributed by atoms with Gasteiger partial charge in [0.25, 0.3) is 0 Å². The second kappa shape index (κ2) is 9.54. The van der Waals surface area contributed by atoms with Crippen LogP contribution >= 0.6 is 23.2 Å². The Morgan fingerprint density at radius 1 is 1.07 bits per heavy atom. The maximum absolute atomic E-state index is 11.2. The van der Waals surface area contributed by atoms with Crippen molar-refractivity contribution in [3.8, 4) is 11.5 Å². The molecule has 3 rings (SSSR count). The molecule has 5 nitrogen and oxygen atoms in total. The number of anilines is 1. The zero-order valence-corrected chi connectivity index (χ0v) is 17.1. The lowest BCUT2D eigenvalue weighted by atomic mass is 10.1. The minimum atomic E-state index is -1.03. The third-order valence-electron chi connectivity index (χ3n) is 4.23. The lowest BCUT2D eigenvalue weighted by Crippen LogP contribution is -2.06. The SMILES string of the molecule is COc1cc(Cl)cc(CNc2cc(C(=O)O)ccc2Cl)c1OCc1ccccc1. The molecule has 0 amide bonds. The summed E-state index contributed by atoms with van der Waals surface area (Å²) in [5.74, 6) is 0.0374. The smallest absolute Gasteiger partial charge is 0.335 e. The molecule has 7 heteroatoms. The van der Waals surface area contributed by atoms with Crippen LogP contribution in [0.1, 0.15) is 21.5 Å². The summed E-state index contributed by atoms with van der Waals surface area (Å²) in [5.41, 5.74) is 2.41. The molecule has 0 fully saturated rings. The van der Waals surface area contributed by atoms with E-state index in [0.717, 1.165) is 11.1 Å². The molecule has 0 saturated heterocycles. The Balaban J connectivity index is 1.85. The molecule has 0 atom stereocenters. The molecule has 0 radical (unpaired) electrons. The Labute approximate surface area is 178 Å². The number of carbonyl (C=O) groups is 1. The van der Waals surface area contributed by atoms with Crippen LogP contribution in [0.3, 0.4) is 0 Å². The Kier molecular flexibility index (Phi) is 6.86. The molecule has 0 aromatic heterocycles. The summed E-state index contributed by atoms with van der Waals surface area (Å²) in [7, 11) is 1.55. The summed E-state index contributed by atoms with van der Waals surface area (Å²) in [6.07, 6.45) is 0. The number of hydrogen-bond acceptors (Lipinski definition) is 4. The lowest BCUT2D eigenvalue weighted by Gasteiger charge is -2.17. The highest BCUT2D eigenvalue weighted by molar-refractivity contribution is 6.33. The van der Waals surface area contributed by atoms with E-state index in [-0.39, 0.29) is 5.56 Å². The largest absolute Gasteiger partial charge is 0.493 e. The molecule has 0 unspecified atom stereocenters. The summed E-state index contributed by atoms with van der Waals surface area (Å²) in [4.78, 5) is 11.2. The summed E-state index contributed by atoms with van der Waals surface area (Å²) in [5, 5.41) is 13.2. The number of nitrogens with one attached hydrogen (secondary N) is 1. The highest BCUT2D eigenvalue weighted by Gasteiger charge is 2.15. The molecular weight excluding hydrogens is 413 g/mol. The van der Waals surface area contributed by atoms with Crippen molar-refractivity contribution in [3.05, 3.63) is 87.4 Å². The van der Waals surface area contributed by atoms with Crippen molar-refractivity contribution in [3.63, 3.8) is 0 Å². The van der Waals surface area contributed by atoms with E-state index in [9.17, 15) is 9.90 Å². The average molecular weight is 432 g/mol. The van der Waals surface area contributed by atoms with Gasteiger partial charge >= 0.3 is 5.97 Å². The molecule has 29 heavy (non-hydrogen) atoms. The predicted molar refractivity (Wildman–Crippen MR) is 115 cm³/mol. The summed E-state index contributed by atoms with van der Waals surface area (Å²) in [6.45, 7) is 0.672. The molecular formula is C22H19Cl2NO4. The number of aromatic carboxylic acids is 1. The Hall–Kier alpha value is -2.89. The number of rotatable bonds is 8. The molecule has 0 bridgehead atoms. The zero-order chi connectivity index (χ0) is 20.8. The Morgan fingerprint density at radius 3 is 2.52 bits per heavy atom. The molecule has 0 aliphatic heterocycles. The van der Waals surface area contributed by atoms with Gasteiger partial charge in [0.15, 0.2) is 11.5 Å². The molecule has 150 valence electrons. The van der Waals surface area contributed by atoms with Crippen molar-refractivity contribution in [1.29, 1.82) is 0 Å². The number of ether oxygens (including phenoxy) is 2. The van der Waals surface area contributed by atoms with Crippen LogP contribution in [-0.2, 0) is 13.2 Å². The summed E-state index contributed by atoms with van der Waals surface area (Å²) in [6, 6.07) is 17.7. The minimum Gasteiger partial charge on any atom is -0.493 e. The molecule has 0 spiro atoms. The van der Waals surface area contributed by atoms with Crippen LogP contribution < -0.4 is 14.8 Å². The maximum Gasteiger partial charge on any atom is 0.335 e. The first-order valence-electron chi connectivity index (χ1n) is 8.77. The van der Waals surface area contributed by atoms with Gasteiger partial charge in [-0.1, -0.05) is 53.5 Å². The first-order valence-corrected chi connectivity index (χ1v) is 9.53. The number of carboxylic acid groups (broad SMARTS) is 1. The molecule has 0 aliphatic rings. The van der Waals surface area contributed by atoms with Gasteiger partial charge in [0.05, 0.1) is 23.4 Å². The number of hydrogen-bond donors (Lipinski definition) is 2. The first-order chi connectivity index (χ1) is 14.0. The number of methoxy groups -OCH3 is 1. The fourth-order valence-electron chi connectivity index (χ4n) is 2.78. The summed E-state index contributed by atoms with van der Waals surface area (Å²) < 4.78 is 11.5. The van der Waals surface area contributed by atoms with E-state index < -0.39 is 5.97 Å². The van der Waals surface area contributed by atoms with Gasteiger partial charge < -0.3 is 19.9 Å². The van der Waals surface area contributed by atoms with E-state index in [1.165, 1.54) is 12.1 Å². The van der Waals surface area contributed by atoms with Crippen LogP contribution in [0.15, 0.2) is 60.7 Å². The van der Waals surface area contributed by atoms with Gasteiger partial charge in [-0.05, 0) is 29.8 Å². The summed E-state index contributed by atoms with van der Waals surface area (Å²) >= 11 is 12.4. The van der Waals surface area contributed by atoms with Gasteiger partial charge in [-0.3, -0.25) is 0 Å². The van der Waals surface area contributed by atoms with E-state index in [4.69, 9.17) is 32.7 Å². The van der Waals surface area contributed by atoms with E-state index in [2.05, 4.69) is 5.32 Å². The van der Waals surface area contributed by atoms with Crippen LogP contribution in [0.25, 0.3) is 0 Å². The van der Waals surface area contributed by atoms with Crippen molar-refractivity contribution < 1.29 is 19.4 Å². The second-order valence-electron chi connectivity index (χ2n) is 6.22. The fraction of sp³-hybridized carbons (Fsp3) is 0.136. The Morgan fingerprint density at radius 2 is 1.83 bits per heavy atom. The van der Waals surface area contributed by atoms with Crippen LogP contribution in [-0.4, -0.2) is 18.2 Å². The van der Waals surface area contributed by atoms with Crippen LogP contribution in [0.5, 0.6) is 11.5 Å². The second-order valence-corrected chi connectivity index (χ2v) is 7.07.